The van der Waals surface area contributed by atoms with Gasteiger partial charge in [0.25, 0.3) is 0 Å². The van der Waals surface area contributed by atoms with E-state index in [-0.39, 0.29) is 18.3 Å². The van der Waals surface area contributed by atoms with Crippen LogP contribution in [0.5, 0.6) is 5.75 Å². The van der Waals surface area contributed by atoms with Gasteiger partial charge < -0.3 is 19.9 Å². The number of rotatable bonds is 8. The summed E-state index contributed by atoms with van der Waals surface area (Å²) in [6.07, 6.45) is 5.60. The maximum atomic E-state index is 13.5. The first kappa shape index (κ1) is 25.6. The van der Waals surface area contributed by atoms with E-state index in [0.29, 0.717) is 30.3 Å². The van der Waals surface area contributed by atoms with Gasteiger partial charge in [-0.15, -0.1) is 0 Å². The summed E-state index contributed by atoms with van der Waals surface area (Å²) in [5, 5.41) is 4.36. The predicted octanol–water partition coefficient (Wildman–Crippen LogP) is 5.75. The molecule has 194 valence electrons. The van der Waals surface area contributed by atoms with Crippen LogP contribution in [0, 0.1) is 5.82 Å². The molecule has 3 aromatic carbocycles. The lowest BCUT2D eigenvalue weighted by molar-refractivity contribution is -0.111. The first-order valence-corrected chi connectivity index (χ1v) is 12.6. The van der Waals surface area contributed by atoms with Crippen LogP contribution in [0.4, 0.5) is 21.6 Å². The van der Waals surface area contributed by atoms with Crippen molar-refractivity contribution in [3.05, 3.63) is 95.0 Å². The maximum absolute atomic E-state index is 13.5. The molecule has 0 fully saturated rings. The Kier molecular flexibility index (Phi) is 7.53. The molecule has 0 saturated carbocycles. The summed E-state index contributed by atoms with van der Waals surface area (Å²) in [4.78, 5) is 25.6. The summed E-state index contributed by atoms with van der Waals surface area (Å²) < 4.78 is 19.3. The molecule has 0 unspecified atom stereocenters. The van der Waals surface area contributed by atoms with Crippen LogP contribution in [0.3, 0.4) is 0 Å². The number of amides is 1. The van der Waals surface area contributed by atoms with Gasteiger partial charge in [-0.05, 0) is 74.1 Å². The fourth-order valence-corrected chi connectivity index (χ4v) is 4.70. The Balaban J connectivity index is 1.39. The average molecular weight is 532 g/mol. The van der Waals surface area contributed by atoms with Crippen molar-refractivity contribution in [1.82, 2.24) is 14.9 Å². The van der Waals surface area contributed by atoms with E-state index in [0.717, 1.165) is 39.2 Å². The van der Waals surface area contributed by atoms with E-state index < -0.39 is 0 Å². The number of aromatic nitrogens is 2. The second kappa shape index (κ2) is 11.2. The van der Waals surface area contributed by atoms with Gasteiger partial charge in [0.1, 0.15) is 30.3 Å². The minimum atomic E-state index is -0.308. The third kappa shape index (κ3) is 5.61. The molecule has 7 nitrogen and oxygen atoms in total. The molecule has 0 saturated heterocycles. The molecule has 5 rings (SSSR count). The largest absolute Gasteiger partial charge is 0.487 e. The number of anilines is 3. The van der Waals surface area contributed by atoms with E-state index in [4.69, 9.17) is 16.3 Å². The SMILES string of the molecule is CN(C)C/C=C/C(=O)Nc1ccc2ncnc3c2c1CCN3c1ccc(OCc2cccc(F)c2)c(Cl)c1. The molecule has 2 heterocycles. The highest BCUT2D eigenvalue weighted by atomic mass is 35.5. The van der Waals surface area contributed by atoms with Crippen LogP contribution < -0.4 is 15.0 Å². The Labute approximate surface area is 225 Å². The molecule has 4 aromatic rings. The quantitative estimate of drug-likeness (QED) is 0.292. The molecule has 1 aliphatic heterocycles. The summed E-state index contributed by atoms with van der Waals surface area (Å²) >= 11 is 6.58. The molecule has 0 bridgehead atoms. The van der Waals surface area contributed by atoms with Crippen molar-refractivity contribution >= 4 is 45.6 Å². The lowest BCUT2D eigenvalue weighted by Gasteiger charge is -2.31. The summed E-state index contributed by atoms with van der Waals surface area (Å²) in [5.41, 5.74) is 4.14. The molecule has 0 aliphatic carbocycles. The highest BCUT2D eigenvalue weighted by Gasteiger charge is 2.25. The molecule has 38 heavy (non-hydrogen) atoms. The fourth-order valence-electron chi connectivity index (χ4n) is 4.47. The van der Waals surface area contributed by atoms with E-state index >= 15 is 0 Å². The normalized spacial score (nSPS) is 12.9. The number of hydrogen-bond acceptors (Lipinski definition) is 6. The van der Waals surface area contributed by atoms with Crippen LogP contribution in [-0.4, -0.2) is 48.0 Å². The average Bonchev–Trinajstić information content (AvgIpc) is 2.89. The maximum Gasteiger partial charge on any atom is 0.248 e. The highest BCUT2D eigenvalue weighted by molar-refractivity contribution is 6.32. The van der Waals surface area contributed by atoms with Crippen LogP contribution in [0.2, 0.25) is 5.02 Å². The van der Waals surface area contributed by atoms with E-state index in [9.17, 15) is 9.18 Å². The number of halogens is 2. The van der Waals surface area contributed by atoms with Crippen molar-refractivity contribution in [1.29, 1.82) is 0 Å². The van der Waals surface area contributed by atoms with Gasteiger partial charge in [-0.3, -0.25) is 4.79 Å². The van der Waals surface area contributed by atoms with Gasteiger partial charge in [0.2, 0.25) is 5.91 Å². The Bertz CT molecular complexity index is 1520. The van der Waals surface area contributed by atoms with Gasteiger partial charge in [0.05, 0.1) is 10.5 Å². The topological polar surface area (TPSA) is 70.6 Å². The minimum Gasteiger partial charge on any atom is -0.487 e. The van der Waals surface area contributed by atoms with E-state index in [1.54, 1.807) is 24.5 Å². The second-order valence-electron chi connectivity index (χ2n) is 9.27. The van der Waals surface area contributed by atoms with Crippen molar-refractivity contribution in [3.8, 4) is 5.75 Å². The van der Waals surface area contributed by atoms with Gasteiger partial charge in [-0.25, -0.2) is 14.4 Å². The zero-order valence-corrected chi connectivity index (χ0v) is 21.9. The molecule has 0 spiro atoms. The van der Waals surface area contributed by atoms with Crippen LogP contribution in [-0.2, 0) is 17.8 Å². The number of likely N-dealkylation sites (N-methyl/N-ethyl adjacent to an activating group) is 1. The molecule has 0 atom stereocenters. The van der Waals surface area contributed by atoms with Crippen LogP contribution in [0.15, 0.2) is 73.1 Å². The molecule has 9 heteroatoms. The molecule has 1 N–H and O–H groups in total. The van der Waals surface area contributed by atoms with Crippen LogP contribution >= 0.6 is 11.6 Å². The summed E-state index contributed by atoms with van der Waals surface area (Å²) in [6, 6.07) is 15.6. The molecule has 1 aromatic heterocycles. The van der Waals surface area contributed by atoms with Gasteiger partial charge >= 0.3 is 0 Å². The number of nitrogens with one attached hydrogen (secondary N) is 1. The van der Waals surface area contributed by atoms with E-state index in [1.165, 1.54) is 12.1 Å². The smallest absolute Gasteiger partial charge is 0.248 e. The molecular weight excluding hydrogens is 505 g/mol. The van der Waals surface area contributed by atoms with Gasteiger partial charge in [0.15, 0.2) is 0 Å². The van der Waals surface area contributed by atoms with Crippen LogP contribution in [0.25, 0.3) is 10.9 Å². The van der Waals surface area contributed by atoms with E-state index in [2.05, 4.69) is 20.2 Å². The van der Waals surface area contributed by atoms with Gasteiger partial charge in [0, 0.05) is 35.9 Å². The van der Waals surface area contributed by atoms with Crippen molar-refractivity contribution in [3.63, 3.8) is 0 Å². The highest BCUT2D eigenvalue weighted by Crippen LogP contribution is 2.40. The fraction of sp³-hybridized carbons (Fsp3) is 0.207. The van der Waals surface area contributed by atoms with Crippen LogP contribution in [0.1, 0.15) is 11.1 Å². The molecule has 1 amide bonds. The monoisotopic (exact) mass is 531 g/mol. The number of benzene rings is 3. The number of ether oxygens (including phenoxy) is 1. The number of nitrogens with zero attached hydrogens (tertiary/aromatic N) is 4. The third-order valence-corrected chi connectivity index (χ3v) is 6.54. The number of carbonyl (C=O) groups excluding carboxylic acids is 1. The minimum absolute atomic E-state index is 0.177. The van der Waals surface area contributed by atoms with Crippen molar-refractivity contribution < 1.29 is 13.9 Å². The first-order valence-electron chi connectivity index (χ1n) is 12.2. The zero-order valence-electron chi connectivity index (χ0n) is 21.1. The Morgan fingerprint density at radius 2 is 2.05 bits per heavy atom. The second-order valence-corrected chi connectivity index (χ2v) is 9.68. The molecule has 1 aliphatic rings. The Morgan fingerprint density at radius 3 is 2.84 bits per heavy atom. The number of carbonyl (C=O) groups is 1. The zero-order chi connectivity index (χ0) is 26.6. The van der Waals surface area contributed by atoms with Gasteiger partial charge in [-0.1, -0.05) is 29.8 Å². The lowest BCUT2D eigenvalue weighted by Crippen LogP contribution is -2.26. The summed E-state index contributed by atoms with van der Waals surface area (Å²) in [7, 11) is 3.90. The van der Waals surface area contributed by atoms with Crippen molar-refractivity contribution in [2.75, 3.05) is 37.4 Å². The molecular formula is C29H27ClFN5O2. The molecule has 0 radical (unpaired) electrons. The Morgan fingerprint density at radius 1 is 1.18 bits per heavy atom. The van der Waals surface area contributed by atoms with Crippen molar-refractivity contribution in [2.24, 2.45) is 0 Å². The van der Waals surface area contributed by atoms with E-state index in [1.807, 2.05) is 55.4 Å². The first-order chi connectivity index (χ1) is 18.4. The summed E-state index contributed by atoms with van der Waals surface area (Å²) in [5.74, 6) is 0.777. The number of hydrogen-bond donors (Lipinski definition) is 1. The standard InChI is InChI=1S/C29H27ClFN5O2/c1-35(2)13-4-7-27(37)34-24-9-10-25-28-22(24)12-14-36(29(28)33-18-32-25)21-8-11-26(23(30)16-21)38-17-19-5-3-6-20(31)15-19/h3-11,15-16,18H,12-14,17H2,1-2H3,(H,34,37)/b7-4+. The van der Waals surface area contributed by atoms with Crippen molar-refractivity contribution in [2.45, 2.75) is 13.0 Å². The third-order valence-electron chi connectivity index (χ3n) is 6.24. The summed E-state index contributed by atoms with van der Waals surface area (Å²) in [6.45, 7) is 1.53. The predicted molar refractivity (Wildman–Crippen MR) is 149 cm³/mol. The Hall–Kier alpha value is -4.01. The lowest BCUT2D eigenvalue weighted by atomic mass is 9.98. The van der Waals surface area contributed by atoms with Gasteiger partial charge in [-0.2, -0.15) is 0 Å².